The molecule has 1 atom stereocenters. The molecule has 0 radical (unpaired) electrons. The summed E-state index contributed by atoms with van der Waals surface area (Å²) in [4.78, 5) is 27.1. The first-order chi connectivity index (χ1) is 21.7. The van der Waals surface area contributed by atoms with Gasteiger partial charge in [-0.15, -0.1) is 12.4 Å². The van der Waals surface area contributed by atoms with Crippen LogP contribution >= 0.6 is 24.0 Å². The van der Waals surface area contributed by atoms with Crippen molar-refractivity contribution < 1.29 is 18.8 Å². The van der Waals surface area contributed by atoms with Crippen molar-refractivity contribution in [2.24, 2.45) is 0 Å². The molecule has 2 aromatic carbocycles. The van der Waals surface area contributed by atoms with E-state index in [1.54, 1.807) is 24.7 Å². The zero-order chi connectivity index (χ0) is 31.9. The van der Waals surface area contributed by atoms with Crippen LogP contribution in [0, 0.1) is 0 Å². The minimum atomic E-state index is -1.20. The first-order valence-electron chi connectivity index (χ1n) is 15.1. The summed E-state index contributed by atoms with van der Waals surface area (Å²) >= 11 is 6.45. The maximum absolute atomic E-state index is 12.1. The minimum absolute atomic E-state index is 0. The highest BCUT2D eigenvalue weighted by Gasteiger charge is 2.28. The zero-order valence-corrected chi connectivity index (χ0v) is 28.7. The van der Waals surface area contributed by atoms with Crippen molar-refractivity contribution in [1.82, 2.24) is 19.8 Å². The van der Waals surface area contributed by atoms with Crippen LogP contribution in [0.15, 0.2) is 48.7 Å². The fourth-order valence-electron chi connectivity index (χ4n) is 5.83. The highest BCUT2D eigenvalue weighted by Crippen LogP contribution is 2.35. The van der Waals surface area contributed by atoms with Crippen molar-refractivity contribution in [3.05, 3.63) is 53.7 Å². The molecule has 1 aromatic heterocycles. The van der Waals surface area contributed by atoms with E-state index >= 15 is 0 Å². The molecule has 46 heavy (non-hydrogen) atoms. The predicted octanol–water partition coefficient (Wildman–Crippen LogP) is 4.84. The number of ether oxygens (including phenoxy) is 1. The quantitative estimate of drug-likeness (QED) is 0.241. The van der Waals surface area contributed by atoms with Crippen molar-refractivity contribution in [3.8, 4) is 5.75 Å². The maximum Gasteiger partial charge on any atom is 0.304 e. The van der Waals surface area contributed by atoms with Gasteiger partial charge in [0.2, 0.25) is 5.95 Å². The van der Waals surface area contributed by atoms with Gasteiger partial charge in [0.15, 0.2) is 5.82 Å². The number of hydrogen-bond donors (Lipinski definition) is 3. The van der Waals surface area contributed by atoms with E-state index < -0.39 is 17.0 Å². The molecule has 0 spiro atoms. The molecule has 0 amide bonds. The number of piperazine rings is 1. The van der Waals surface area contributed by atoms with Crippen LogP contribution in [0.5, 0.6) is 5.75 Å². The number of carboxylic acid groups (broad SMARTS) is 1. The number of para-hydroxylation sites is 2. The average Bonchev–Trinajstić information content (AvgIpc) is 3.05. The molecule has 3 aromatic rings. The summed E-state index contributed by atoms with van der Waals surface area (Å²) < 4.78 is 19.5. The highest BCUT2D eigenvalue weighted by molar-refractivity contribution is 7.85. The molecule has 2 aliphatic rings. The van der Waals surface area contributed by atoms with Crippen LogP contribution in [0.1, 0.15) is 19.3 Å². The SMILES string of the molecule is COc1cc(N2CCC(N3CCN(CCC(=O)O)CC3)CC2)ccc1Nc1ncc(Cl)c(Nc2ccccc2N(C)S(C)=O)n1.Cl. The topological polar surface area (TPSA) is 126 Å². The lowest BCUT2D eigenvalue weighted by Gasteiger charge is -2.43. The van der Waals surface area contributed by atoms with Gasteiger partial charge in [-0.1, -0.05) is 23.7 Å². The molecule has 12 nitrogen and oxygen atoms in total. The predicted molar refractivity (Wildman–Crippen MR) is 188 cm³/mol. The van der Waals surface area contributed by atoms with Gasteiger partial charge in [-0.25, -0.2) is 9.19 Å². The number of methoxy groups -OCH3 is 1. The van der Waals surface area contributed by atoms with Crippen molar-refractivity contribution >= 4 is 75.5 Å². The molecule has 0 bridgehead atoms. The van der Waals surface area contributed by atoms with Gasteiger partial charge < -0.3 is 30.3 Å². The lowest BCUT2D eigenvalue weighted by molar-refractivity contribution is -0.137. The number of aliphatic carboxylic acids is 1. The number of nitrogens with one attached hydrogen (secondary N) is 2. The number of piperidine rings is 1. The normalized spacial score (nSPS) is 16.7. The molecule has 3 N–H and O–H groups in total. The molecule has 2 fully saturated rings. The number of halogens is 2. The largest absolute Gasteiger partial charge is 0.494 e. The van der Waals surface area contributed by atoms with Crippen LogP contribution in [0.25, 0.3) is 0 Å². The average molecular weight is 694 g/mol. The van der Waals surface area contributed by atoms with Crippen LogP contribution in [-0.2, 0) is 15.8 Å². The summed E-state index contributed by atoms with van der Waals surface area (Å²) in [7, 11) is 2.21. The van der Waals surface area contributed by atoms with Gasteiger partial charge >= 0.3 is 5.97 Å². The van der Waals surface area contributed by atoms with Crippen LogP contribution in [0.2, 0.25) is 5.02 Å². The minimum Gasteiger partial charge on any atom is -0.494 e. The molecule has 1 unspecified atom stereocenters. The Balaban J connectivity index is 0.00000480. The number of hydrogen-bond acceptors (Lipinski definition) is 10. The first-order valence-corrected chi connectivity index (χ1v) is 16.9. The molecular weight excluding hydrogens is 651 g/mol. The van der Waals surface area contributed by atoms with Crippen LogP contribution in [0.4, 0.5) is 34.5 Å². The number of anilines is 6. The van der Waals surface area contributed by atoms with Gasteiger partial charge in [-0.05, 0) is 37.1 Å². The van der Waals surface area contributed by atoms with Crippen molar-refractivity contribution in [2.75, 3.05) is 86.1 Å². The van der Waals surface area contributed by atoms with E-state index in [4.69, 9.17) is 21.4 Å². The van der Waals surface area contributed by atoms with Crippen molar-refractivity contribution in [2.45, 2.75) is 25.3 Å². The second-order valence-electron chi connectivity index (χ2n) is 11.2. The molecule has 5 rings (SSSR count). The molecular formula is C31H42Cl2N8O4S. The van der Waals surface area contributed by atoms with Crippen LogP contribution < -0.4 is 24.6 Å². The van der Waals surface area contributed by atoms with Gasteiger partial charge in [0.25, 0.3) is 0 Å². The van der Waals surface area contributed by atoms with Gasteiger partial charge in [0.05, 0.1) is 36.8 Å². The lowest BCUT2D eigenvalue weighted by atomic mass is 10.0. The Hall–Kier alpha value is -3.36. The Morgan fingerprint density at radius 2 is 1.80 bits per heavy atom. The third kappa shape index (κ3) is 8.91. The molecule has 0 saturated carbocycles. The van der Waals surface area contributed by atoms with E-state index in [-0.39, 0.29) is 18.8 Å². The summed E-state index contributed by atoms with van der Waals surface area (Å²) in [6.07, 6.45) is 5.52. The van der Waals surface area contributed by atoms with Gasteiger partial charge in [-0.3, -0.25) is 14.0 Å². The van der Waals surface area contributed by atoms with Crippen molar-refractivity contribution in [3.63, 3.8) is 0 Å². The number of benzene rings is 2. The molecule has 15 heteroatoms. The summed E-state index contributed by atoms with van der Waals surface area (Å²) in [6, 6.07) is 14.2. The number of nitrogens with zero attached hydrogens (tertiary/aromatic N) is 6. The number of aromatic nitrogens is 2. The Bertz CT molecular complexity index is 1500. The number of carboxylic acids is 1. The Morgan fingerprint density at radius 1 is 1.09 bits per heavy atom. The first kappa shape index (κ1) is 35.5. The standard InChI is InChI=1S/C31H41ClN8O4S.ClH/c1-37(45(3)43)27-7-5-4-6-25(27)34-30-24(32)21-33-31(36-30)35-26-9-8-23(20-28(26)44-2)39-14-10-22(11-15-39)40-18-16-38(17-19-40)13-12-29(41)42;/h4-9,20-22H,10-19H2,1-3H3,(H,41,42)(H2,33,34,35,36);1H. The van der Waals surface area contributed by atoms with Gasteiger partial charge in [0.1, 0.15) is 21.8 Å². The smallest absolute Gasteiger partial charge is 0.304 e. The maximum atomic E-state index is 12.1. The second-order valence-corrected chi connectivity index (χ2v) is 13.0. The third-order valence-electron chi connectivity index (χ3n) is 8.45. The van der Waals surface area contributed by atoms with E-state index in [9.17, 15) is 9.00 Å². The molecule has 2 aliphatic heterocycles. The van der Waals surface area contributed by atoms with E-state index in [1.807, 2.05) is 36.4 Å². The molecule has 250 valence electrons. The Labute approximate surface area is 284 Å². The second kappa shape index (κ2) is 16.5. The zero-order valence-electron chi connectivity index (χ0n) is 26.3. The fourth-order valence-corrected chi connectivity index (χ4v) is 6.40. The van der Waals surface area contributed by atoms with E-state index in [0.717, 1.165) is 69.2 Å². The van der Waals surface area contributed by atoms with E-state index in [0.29, 0.717) is 40.8 Å². The van der Waals surface area contributed by atoms with Gasteiger partial charge in [0, 0.05) is 76.9 Å². The Morgan fingerprint density at radius 3 is 2.48 bits per heavy atom. The van der Waals surface area contributed by atoms with Crippen LogP contribution in [-0.4, -0.2) is 107 Å². The molecule has 0 aliphatic carbocycles. The Kier molecular flexibility index (Phi) is 12.7. The third-order valence-corrected chi connectivity index (χ3v) is 9.70. The monoisotopic (exact) mass is 692 g/mol. The van der Waals surface area contributed by atoms with Crippen molar-refractivity contribution in [1.29, 1.82) is 0 Å². The summed E-state index contributed by atoms with van der Waals surface area (Å²) in [5, 5.41) is 15.8. The number of carbonyl (C=O) groups is 1. The van der Waals surface area contributed by atoms with Crippen LogP contribution in [0.3, 0.4) is 0 Å². The van der Waals surface area contributed by atoms with Gasteiger partial charge in [-0.2, -0.15) is 4.98 Å². The summed E-state index contributed by atoms with van der Waals surface area (Å²) in [5.74, 6) is 0.709. The molecule has 3 heterocycles. The lowest BCUT2D eigenvalue weighted by Crippen LogP contribution is -2.53. The summed E-state index contributed by atoms with van der Waals surface area (Å²) in [6.45, 7) is 6.39. The van der Waals surface area contributed by atoms with E-state index in [2.05, 4.69) is 41.4 Å². The highest BCUT2D eigenvalue weighted by atomic mass is 35.5. The van der Waals surface area contributed by atoms with E-state index in [1.165, 1.54) is 6.20 Å². The molecule has 2 saturated heterocycles. The fraction of sp³-hybridized carbons (Fsp3) is 0.452. The summed E-state index contributed by atoms with van der Waals surface area (Å²) in [5.41, 5.74) is 3.29. The number of rotatable bonds is 12.